The van der Waals surface area contributed by atoms with E-state index in [1.54, 1.807) is 19.2 Å². The predicted octanol–water partition coefficient (Wildman–Crippen LogP) is 5.17. The van der Waals surface area contributed by atoms with Crippen molar-refractivity contribution < 1.29 is 9.13 Å². The summed E-state index contributed by atoms with van der Waals surface area (Å²) < 4.78 is 20.1. The number of anilines is 1. The Kier molecular flexibility index (Phi) is 4.89. The topological polar surface area (TPSA) is 21.3 Å². The first-order chi connectivity index (χ1) is 9.52. The fraction of sp³-hybridized carbons (Fsp3) is 0.200. The molecular formula is C15H14BrClFNO. The van der Waals surface area contributed by atoms with Crippen LogP contribution in [-0.2, 0) is 6.54 Å². The largest absolute Gasteiger partial charge is 0.495 e. The molecule has 0 heterocycles. The van der Waals surface area contributed by atoms with Gasteiger partial charge in [0.25, 0.3) is 0 Å². The van der Waals surface area contributed by atoms with Crippen LogP contribution in [0.15, 0.2) is 34.8 Å². The summed E-state index contributed by atoms with van der Waals surface area (Å²) in [6, 6.07) is 8.80. The van der Waals surface area contributed by atoms with Crippen LogP contribution >= 0.6 is 27.5 Å². The SMILES string of the molecule is COc1cc(Br)cc(C)c1NCc1cccc(Cl)c1F. The molecule has 0 amide bonds. The highest BCUT2D eigenvalue weighted by Crippen LogP contribution is 2.32. The standard InChI is InChI=1S/C15H14BrClFNO/c1-9-6-11(16)7-13(20-2)15(9)19-8-10-4-3-5-12(17)14(10)18/h3-7,19H,8H2,1-2H3. The van der Waals surface area contributed by atoms with Crippen LogP contribution in [0.1, 0.15) is 11.1 Å². The first-order valence-corrected chi connectivity index (χ1v) is 7.21. The van der Waals surface area contributed by atoms with Crippen molar-refractivity contribution in [3.63, 3.8) is 0 Å². The Morgan fingerprint density at radius 1 is 1.35 bits per heavy atom. The molecule has 0 spiro atoms. The second-order valence-electron chi connectivity index (χ2n) is 4.37. The molecule has 2 nitrogen and oxygen atoms in total. The summed E-state index contributed by atoms with van der Waals surface area (Å²) >= 11 is 9.19. The number of aryl methyl sites for hydroxylation is 1. The van der Waals surface area contributed by atoms with Crippen LogP contribution < -0.4 is 10.1 Å². The fourth-order valence-corrected chi connectivity index (χ4v) is 2.71. The van der Waals surface area contributed by atoms with Gasteiger partial charge in [-0.1, -0.05) is 39.7 Å². The Morgan fingerprint density at radius 3 is 2.80 bits per heavy atom. The van der Waals surface area contributed by atoms with E-state index in [2.05, 4.69) is 21.2 Å². The third-order valence-electron chi connectivity index (χ3n) is 2.97. The molecule has 5 heteroatoms. The summed E-state index contributed by atoms with van der Waals surface area (Å²) in [5.41, 5.74) is 2.37. The van der Waals surface area contributed by atoms with Gasteiger partial charge in [-0.3, -0.25) is 0 Å². The van der Waals surface area contributed by atoms with E-state index in [1.165, 1.54) is 6.07 Å². The average molecular weight is 359 g/mol. The minimum Gasteiger partial charge on any atom is -0.495 e. The molecule has 106 valence electrons. The summed E-state index contributed by atoms with van der Waals surface area (Å²) in [5.74, 6) is 0.315. The van der Waals surface area contributed by atoms with E-state index in [0.717, 1.165) is 15.7 Å². The van der Waals surface area contributed by atoms with E-state index >= 15 is 0 Å². The summed E-state index contributed by atoms with van der Waals surface area (Å²) in [5, 5.41) is 3.33. The van der Waals surface area contributed by atoms with E-state index in [1.807, 2.05) is 19.1 Å². The molecule has 0 aliphatic carbocycles. The highest BCUT2D eigenvalue weighted by Gasteiger charge is 2.10. The van der Waals surface area contributed by atoms with Crippen LogP contribution in [-0.4, -0.2) is 7.11 Å². The molecule has 0 fully saturated rings. The van der Waals surface area contributed by atoms with Crippen molar-refractivity contribution in [1.82, 2.24) is 0 Å². The van der Waals surface area contributed by atoms with E-state index < -0.39 is 5.82 Å². The molecule has 0 aromatic heterocycles. The lowest BCUT2D eigenvalue weighted by Gasteiger charge is -2.15. The Morgan fingerprint density at radius 2 is 2.10 bits per heavy atom. The number of ether oxygens (including phenoxy) is 1. The zero-order valence-electron chi connectivity index (χ0n) is 11.1. The van der Waals surface area contributed by atoms with Gasteiger partial charge in [-0.15, -0.1) is 0 Å². The number of methoxy groups -OCH3 is 1. The van der Waals surface area contributed by atoms with Crippen molar-refractivity contribution >= 4 is 33.2 Å². The van der Waals surface area contributed by atoms with Crippen molar-refractivity contribution in [3.05, 3.63) is 56.8 Å². The molecule has 0 aliphatic rings. The van der Waals surface area contributed by atoms with Crippen molar-refractivity contribution in [2.24, 2.45) is 0 Å². The van der Waals surface area contributed by atoms with E-state index in [-0.39, 0.29) is 5.02 Å². The number of halogens is 3. The lowest BCUT2D eigenvalue weighted by atomic mass is 10.1. The Bertz CT molecular complexity index is 634. The zero-order valence-corrected chi connectivity index (χ0v) is 13.5. The molecule has 0 aliphatic heterocycles. The van der Waals surface area contributed by atoms with Crippen molar-refractivity contribution in [3.8, 4) is 5.75 Å². The maximum atomic E-state index is 13.8. The van der Waals surface area contributed by atoms with Gasteiger partial charge >= 0.3 is 0 Å². The van der Waals surface area contributed by atoms with Gasteiger partial charge in [0.15, 0.2) is 0 Å². The summed E-state index contributed by atoms with van der Waals surface area (Å²) in [6.07, 6.45) is 0. The minimum absolute atomic E-state index is 0.129. The fourth-order valence-electron chi connectivity index (χ4n) is 1.97. The lowest BCUT2D eigenvalue weighted by Crippen LogP contribution is -2.05. The summed E-state index contributed by atoms with van der Waals surface area (Å²) in [6.45, 7) is 2.30. The summed E-state index contributed by atoms with van der Waals surface area (Å²) in [7, 11) is 1.60. The third kappa shape index (κ3) is 3.25. The zero-order chi connectivity index (χ0) is 14.7. The molecule has 2 rings (SSSR count). The normalized spacial score (nSPS) is 10.4. The minimum atomic E-state index is -0.393. The van der Waals surface area contributed by atoms with Gasteiger partial charge in [0.2, 0.25) is 0 Å². The van der Waals surface area contributed by atoms with Crippen LogP contribution in [0.5, 0.6) is 5.75 Å². The smallest absolute Gasteiger partial charge is 0.146 e. The quantitative estimate of drug-likeness (QED) is 0.814. The molecule has 0 saturated heterocycles. The molecule has 20 heavy (non-hydrogen) atoms. The monoisotopic (exact) mass is 357 g/mol. The molecule has 0 unspecified atom stereocenters. The number of benzene rings is 2. The number of nitrogens with one attached hydrogen (secondary N) is 1. The highest BCUT2D eigenvalue weighted by molar-refractivity contribution is 9.10. The molecule has 2 aromatic rings. The van der Waals surface area contributed by atoms with Crippen LogP contribution in [0.4, 0.5) is 10.1 Å². The highest BCUT2D eigenvalue weighted by atomic mass is 79.9. The van der Waals surface area contributed by atoms with Gasteiger partial charge in [0.1, 0.15) is 11.6 Å². The third-order valence-corrected chi connectivity index (χ3v) is 3.72. The Balaban J connectivity index is 2.25. The first kappa shape index (κ1) is 15.1. The lowest BCUT2D eigenvalue weighted by molar-refractivity contribution is 0.416. The van der Waals surface area contributed by atoms with Crippen LogP contribution in [0, 0.1) is 12.7 Å². The summed E-state index contributed by atoms with van der Waals surface area (Å²) in [4.78, 5) is 0. The van der Waals surface area contributed by atoms with Gasteiger partial charge in [-0.2, -0.15) is 0 Å². The van der Waals surface area contributed by atoms with Gasteiger partial charge in [-0.25, -0.2) is 4.39 Å². The van der Waals surface area contributed by atoms with Gasteiger partial charge in [-0.05, 0) is 30.7 Å². The Labute approximate surface area is 131 Å². The number of hydrogen-bond donors (Lipinski definition) is 1. The van der Waals surface area contributed by atoms with Gasteiger partial charge in [0.05, 0.1) is 17.8 Å². The van der Waals surface area contributed by atoms with Crippen molar-refractivity contribution in [2.45, 2.75) is 13.5 Å². The Hall–Kier alpha value is -1.26. The van der Waals surface area contributed by atoms with E-state index in [9.17, 15) is 4.39 Å². The van der Waals surface area contributed by atoms with Crippen molar-refractivity contribution in [2.75, 3.05) is 12.4 Å². The maximum Gasteiger partial charge on any atom is 0.146 e. The molecule has 1 N–H and O–H groups in total. The maximum absolute atomic E-state index is 13.8. The van der Waals surface area contributed by atoms with E-state index in [4.69, 9.17) is 16.3 Å². The van der Waals surface area contributed by atoms with Crippen LogP contribution in [0.3, 0.4) is 0 Å². The average Bonchev–Trinajstić information content (AvgIpc) is 2.41. The van der Waals surface area contributed by atoms with Crippen LogP contribution in [0.2, 0.25) is 5.02 Å². The molecule has 0 bridgehead atoms. The van der Waals surface area contributed by atoms with Crippen molar-refractivity contribution in [1.29, 1.82) is 0 Å². The van der Waals surface area contributed by atoms with Gasteiger partial charge < -0.3 is 10.1 Å². The molecule has 2 aromatic carbocycles. The second-order valence-corrected chi connectivity index (χ2v) is 5.69. The molecule has 0 radical (unpaired) electrons. The second kappa shape index (κ2) is 6.46. The molecule has 0 atom stereocenters. The van der Waals surface area contributed by atoms with Gasteiger partial charge in [0, 0.05) is 16.6 Å². The number of hydrogen-bond acceptors (Lipinski definition) is 2. The molecule has 0 saturated carbocycles. The molecular weight excluding hydrogens is 345 g/mol. The van der Waals surface area contributed by atoms with Crippen LogP contribution in [0.25, 0.3) is 0 Å². The van der Waals surface area contributed by atoms with E-state index in [0.29, 0.717) is 17.9 Å². The number of rotatable bonds is 4. The first-order valence-electron chi connectivity index (χ1n) is 6.04. The predicted molar refractivity (Wildman–Crippen MR) is 84.2 cm³/mol.